The van der Waals surface area contributed by atoms with Gasteiger partial charge in [-0.1, -0.05) is 18.2 Å². The largest absolute Gasteiger partial charge is 0.439 e. The molecule has 1 saturated heterocycles. The Kier molecular flexibility index (Phi) is 4.61. The van der Waals surface area contributed by atoms with E-state index in [-0.39, 0.29) is 42.0 Å². The summed E-state index contributed by atoms with van der Waals surface area (Å²) in [6, 6.07) is 9.13. The van der Waals surface area contributed by atoms with Crippen molar-refractivity contribution < 1.29 is 19.1 Å². The van der Waals surface area contributed by atoms with Crippen LogP contribution in [-0.2, 0) is 14.4 Å². The highest BCUT2D eigenvalue weighted by Gasteiger charge is 2.59. The van der Waals surface area contributed by atoms with Crippen LogP contribution in [0.15, 0.2) is 48.7 Å². The molecule has 2 bridgehead atoms. The number of amides is 3. The molecule has 4 atom stereocenters. The molecule has 5 rings (SSSR count). The molecule has 1 N–H and O–H groups in total. The molecule has 0 spiro atoms. The topological polar surface area (TPSA) is 88.6 Å². The smallest absolute Gasteiger partial charge is 0.244 e. The molecule has 2 heterocycles. The minimum atomic E-state index is -0.424. The molecule has 2 aliphatic carbocycles. The van der Waals surface area contributed by atoms with E-state index in [1.54, 1.807) is 12.1 Å². The fraction of sp³-hybridized carbons (Fsp3) is 0.333. The molecule has 158 valence electrons. The second-order valence-electron chi connectivity index (χ2n) is 8.54. The fourth-order valence-electron chi connectivity index (χ4n) is 4.88. The Morgan fingerprint density at radius 1 is 1.06 bits per heavy atom. The normalized spacial score (nSPS) is 25.8. The Morgan fingerprint density at radius 3 is 2.39 bits per heavy atom. The maximum absolute atomic E-state index is 12.7. The minimum absolute atomic E-state index is 0.133. The third-order valence-electron chi connectivity index (χ3n) is 6.58. The van der Waals surface area contributed by atoms with Gasteiger partial charge < -0.3 is 10.1 Å². The van der Waals surface area contributed by atoms with Gasteiger partial charge in [-0.05, 0) is 61.4 Å². The van der Waals surface area contributed by atoms with Gasteiger partial charge in [-0.15, -0.1) is 0 Å². The molecule has 31 heavy (non-hydrogen) atoms. The first-order valence-corrected chi connectivity index (χ1v) is 10.5. The lowest BCUT2D eigenvalue weighted by molar-refractivity contribution is -0.143. The van der Waals surface area contributed by atoms with Crippen molar-refractivity contribution >= 4 is 23.4 Å². The zero-order chi connectivity index (χ0) is 21.7. The van der Waals surface area contributed by atoms with Crippen molar-refractivity contribution in [1.82, 2.24) is 9.88 Å². The van der Waals surface area contributed by atoms with Gasteiger partial charge in [0.2, 0.25) is 23.6 Å². The lowest BCUT2D eigenvalue weighted by Gasteiger charge is -2.16. The number of nitrogens with one attached hydrogen (secondary N) is 1. The number of benzene rings is 1. The van der Waals surface area contributed by atoms with E-state index in [1.807, 2.05) is 44.2 Å². The second-order valence-corrected chi connectivity index (χ2v) is 8.54. The zero-order valence-electron chi connectivity index (χ0n) is 17.4. The van der Waals surface area contributed by atoms with Crippen molar-refractivity contribution in [2.75, 3.05) is 11.9 Å². The van der Waals surface area contributed by atoms with Crippen LogP contribution in [0.4, 0.5) is 5.69 Å². The quantitative estimate of drug-likeness (QED) is 0.596. The van der Waals surface area contributed by atoms with Gasteiger partial charge in [-0.25, -0.2) is 4.98 Å². The number of carbonyl (C=O) groups excluding carboxylic acids is 3. The van der Waals surface area contributed by atoms with Gasteiger partial charge in [0, 0.05) is 6.07 Å². The molecule has 0 radical (unpaired) electrons. The summed E-state index contributed by atoms with van der Waals surface area (Å²) in [4.78, 5) is 43.2. The number of imide groups is 1. The number of anilines is 1. The highest BCUT2D eigenvalue weighted by molar-refractivity contribution is 6.09. The number of pyridine rings is 1. The molecule has 3 amide bonds. The number of rotatable bonds is 5. The molecule has 2 aromatic rings. The van der Waals surface area contributed by atoms with Crippen LogP contribution in [0.3, 0.4) is 0 Å². The Bertz CT molecular complexity index is 1080. The Hall–Kier alpha value is -3.48. The van der Waals surface area contributed by atoms with Crippen LogP contribution in [0.1, 0.15) is 17.5 Å². The first-order valence-electron chi connectivity index (χ1n) is 10.5. The zero-order valence-corrected chi connectivity index (χ0v) is 17.4. The standard InChI is InChI=1S/C24H23N3O4/c1-13-3-7-18(9-14(13)2)31-20-8-6-17(11-25-20)26-19(28)12-27-23(29)21-15-4-5-16(10-15)22(21)24(27)30/h3-9,11,15-16,21-22H,10,12H2,1-2H3,(H,26,28). The van der Waals surface area contributed by atoms with Crippen LogP contribution in [-0.4, -0.2) is 34.2 Å². The van der Waals surface area contributed by atoms with Crippen molar-refractivity contribution in [3.05, 3.63) is 59.8 Å². The molecule has 3 aliphatic rings. The third kappa shape index (κ3) is 3.40. The number of hydrogen-bond acceptors (Lipinski definition) is 5. The van der Waals surface area contributed by atoms with Crippen molar-refractivity contribution in [2.45, 2.75) is 20.3 Å². The number of fused-ring (bicyclic) bond motifs is 5. The molecule has 7 nitrogen and oxygen atoms in total. The van der Waals surface area contributed by atoms with Crippen molar-refractivity contribution in [1.29, 1.82) is 0 Å². The molecular formula is C24H23N3O4. The van der Waals surface area contributed by atoms with Crippen molar-refractivity contribution in [3.8, 4) is 11.6 Å². The van der Waals surface area contributed by atoms with Crippen molar-refractivity contribution in [3.63, 3.8) is 0 Å². The van der Waals surface area contributed by atoms with Gasteiger partial charge in [0.25, 0.3) is 0 Å². The van der Waals surface area contributed by atoms with E-state index in [2.05, 4.69) is 10.3 Å². The summed E-state index contributed by atoms with van der Waals surface area (Å²) in [5.41, 5.74) is 2.78. The van der Waals surface area contributed by atoms with Crippen LogP contribution in [0, 0.1) is 37.5 Å². The summed E-state index contributed by atoms with van der Waals surface area (Å²) in [7, 11) is 0. The summed E-state index contributed by atoms with van der Waals surface area (Å²) in [6.45, 7) is 3.77. The number of ether oxygens (including phenoxy) is 1. The highest BCUT2D eigenvalue weighted by atomic mass is 16.5. The minimum Gasteiger partial charge on any atom is -0.439 e. The molecule has 1 aliphatic heterocycles. The average molecular weight is 417 g/mol. The van der Waals surface area contributed by atoms with Gasteiger partial charge in [0.1, 0.15) is 12.3 Å². The van der Waals surface area contributed by atoms with Crippen LogP contribution < -0.4 is 10.1 Å². The van der Waals surface area contributed by atoms with E-state index >= 15 is 0 Å². The summed E-state index contributed by atoms with van der Waals surface area (Å²) in [5.74, 6) is -0.102. The lowest BCUT2D eigenvalue weighted by atomic mass is 9.85. The van der Waals surface area contributed by atoms with E-state index in [0.717, 1.165) is 16.9 Å². The first kappa shape index (κ1) is 19.5. The number of nitrogens with zero attached hydrogens (tertiary/aromatic N) is 2. The second kappa shape index (κ2) is 7.34. The van der Waals surface area contributed by atoms with Gasteiger partial charge in [-0.3, -0.25) is 19.3 Å². The van der Waals surface area contributed by atoms with Gasteiger partial charge in [0.15, 0.2) is 0 Å². The number of likely N-dealkylation sites (tertiary alicyclic amines) is 1. The molecule has 7 heteroatoms. The Balaban J connectivity index is 1.20. The van der Waals surface area contributed by atoms with Gasteiger partial charge in [0.05, 0.1) is 23.7 Å². The summed E-state index contributed by atoms with van der Waals surface area (Å²) in [6.07, 6.45) is 6.43. The molecular weight excluding hydrogens is 394 g/mol. The number of aromatic nitrogens is 1. The number of hydrogen-bond donors (Lipinski definition) is 1. The number of allylic oxidation sites excluding steroid dienone is 2. The monoisotopic (exact) mass is 417 g/mol. The van der Waals surface area contributed by atoms with Crippen LogP contribution >= 0.6 is 0 Å². The van der Waals surface area contributed by atoms with Gasteiger partial charge in [-0.2, -0.15) is 0 Å². The predicted octanol–water partition coefficient (Wildman–Crippen LogP) is 3.24. The van der Waals surface area contributed by atoms with Crippen LogP contribution in [0.25, 0.3) is 0 Å². The molecule has 1 aromatic carbocycles. The van der Waals surface area contributed by atoms with E-state index < -0.39 is 5.91 Å². The average Bonchev–Trinajstić information content (AvgIpc) is 3.42. The molecule has 1 aromatic heterocycles. The SMILES string of the molecule is Cc1ccc(Oc2ccc(NC(=O)CN3C(=O)C4C5C=CC(C5)C4C3=O)cn2)cc1C. The maximum atomic E-state index is 12.7. The number of aryl methyl sites for hydroxylation is 2. The molecule has 1 saturated carbocycles. The van der Waals surface area contributed by atoms with Gasteiger partial charge >= 0.3 is 0 Å². The third-order valence-corrected chi connectivity index (χ3v) is 6.58. The summed E-state index contributed by atoms with van der Waals surface area (Å²) >= 11 is 0. The summed E-state index contributed by atoms with van der Waals surface area (Å²) < 4.78 is 5.75. The Morgan fingerprint density at radius 2 is 1.77 bits per heavy atom. The fourth-order valence-corrected chi connectivity index (χ4v) is 4.88. The Labute approximate surface area is 180 Å². The van der Waals surface area contributed by atoms with Crippen molar-refractivity contribution in [2.24, 2.45) is 23.7 Å². The first-order chi connectivity index (χ1) is 14.9. The summed E-state index contributed by atoms with van der Waals surface area (Å²) in [5, 5.41) is 2.70. The van der Waals surface area contributed by atoms with E-state index in [9.17, 15) is 14.4 Å². The predicted molar refractivity (Wildman–Crippen MR) is 113 cm³/mol. The molecule has 2 fully saturated rings. The van der Waals surface area contributed by atoms with E-state index in [4.69, 9.17) is 4.74 Å². The van der Waals surface area contributed by atoms with E-state index in [1.165, 1.54) is 11.8 Å². The maximum Gasteiger partial charge on any atom is 0.244 e. The molecule has 4 unspecified atom stereocenters. The highest BCUT2D eigenvalue weighted by Crippen LogP contribution is 2.52. The van der Waals surface area contributed by atoms with Crippen LogP contribution in [0.5, 0.6) is 11.6 Å². The van der Waals surface area contributed by atoms with Crippen LogP contribution in [0.2, 0.25) is 0 Å². The number of carbonyl (C=O) groups is 3. The van der Waals surface area contributed by atoms with E-state index in [0.29, 0.717) is 17.3 Å². The lowest BCUT2D eigenvalue weighted by Crippen LogP contribution is -2.39.